The second-order valence-corrected chi connectivity index (χ2v) is 6.05. The zero-order valence-electron chi connectivity index (χ0n) is 13.5. The normalized spacial score (nSPS) is 17.7. The molecule has 0 saturated carbocycles. The number of hydrogen-bond acceptors (Lipinski definition) is 6. The summed E-state index contributed by atoms with van der Waals surface area (Å²) in [5.41, 5.74) is 0.959. The lowest BCUT2D eigenvalue weighted by atomic mass is 10.1. The van der Waals surface area contributed by atoms with E-state index in [4.69, 9.17) is 4.52 Å². The Bertz CT molecular complexity index is 866. The van der Waals surface area contributed by atoms with Gasteiger partial charge in [0.05, 0.1) is 17.2 Å². The molecule has 1 fully saturated rings. The van der Waals surface area contributed by atoms with E-state index in [9.17, 15) is 9.50 Å². The van der Waals surface area contributed by atoms with Crippen molar-refractivity contribution in [3.8, 4) is 22.8 Å². The second-order valence-electron chi connectivity index (χ2n) is 6.05. The summed E-state index contributed by atoms with van der Waals surface area (Å²) in [6.07, 6.45) is 3.11. The number of nitrogens with zero attached hydrogens (tertiary/aromatic N) is 4. The molecule has 7 heteroatoms. The fourth-order valence-corrected chi connectivity index (χ4v) is 2.96. The van der Waals surface area contributed by atoms with Crippen LogP contribution >= 0.6 is 0 Å². The molecule has 3 heterocycles. The molecule has 1 saturated heterocycles. The lowest BCUT2D eigenvalue weighted by Gasteiger charge is -2.30. The van der Waals surface area contributed by atoms with Crippen molar-refractivity contribution in [1.29, 1.82) is 0 Å². The molecule has 128 valence electrons. The fourth-order valence-electron chi connectivity index (χ4n) is 2.96. The predicted octanol–water partition coefficient (Wildman–Crippen LogP) is 2.90. The van der Waals surface area contributed by atoms with Gasteiger partial charge in [0.15, 0.2) is 0 Å². The van der Waals surface area contributed by atoms with Gasteiger partial charge in [0.2, 0.25) is 5.82 Å². The number of aromatic nitrogens is 3. The van der Waals surface area contributed by atoms with Crippen LogP contribution in [0.3, 0.4) is 0 Å². The number of piperidine rings is 1. The highest BCUT2D eigenvalue weighted by atomic mass is 19.1. The summed E-state index contributed by atoms with van der Waals surface area (Å²) < 4.78 is 19.1. The van der Waals surface area contributed by atoms with E-state index in [1.54, 1.807) is 24.4 Å². The largest absolute Gasteiger partial charge is 0.391 e. The molecular weight excluding hydrogens is 323 g/mol. The molecule has 1 unspecified atom stereocenters. The first-order valence-corrected chi connectivity index (χ1v) is 8.19. The van der Waals surface area contributed by atoms with Crippen molar-refractivity contribution in [3.05, 3.63) is 48.4 Å². The van der Waals surface area contributed by atoms with Gasteiger partial charge < -0.3 is 14.5 Å². The fraction of sp³-hybridized carbons (Fsp3) is 0.278. The van der Waals surface area contributed by atoms with Crippen molar-refractivity contribution < 1.29 is 14.0 Å². The summed E-state index contributed by atoms with van der Waals surface area (Å²) in [7, 11) is 0. The van der Waals surface area contributed by atoms with E-state index in [0.29, 0.717) is 17.7 Å². The van der Waals surface area contributed by atoms with Crippen LogP contribution in [0.1, 0.15) is 12.8 Å². The molecular formula is C18H17FN4O2. The number of β-amino-alcohol motifs (C(OH)–C–C–N with tert-alkyl or cyclic N) is 1. The maximum atomic E-state index is 13.8. The minimum absolute atomic E-state index is 0.205. The summed E-state index contributed by atoms with van der Waals surface area (Å²) in [6, 6.07) is 9.99. The molecule has 1 aromatic carbocycles. The van der Waals surface area contributed by atoms with Gasteiger partial charge in [-0.15, -0.1) is 0 Å². The van der Waals surface area contributed by atoms with Crippen LogP contribution in [0.4, 0.5) is 10.2 Å². The summed E-state index contributed by atoms with van der Waals surface area (Å²) in [4.78, 5) is 10.7. The van der Waals surface area contributed by atoms with E-state index in [1.807, 2.05) is 12.1 Å². The Morgan fingerprint density at radius 1 is 1.20 bits per heavy atom. The Hall–Kier alpha value is -2.80. The molecule has 0 amide bonds. The highest BCUT2D eigenvalue weighted by Gasteiger charge is 2.19. The van der Waals surface area contributed by atoms with Crippen molar-refractivity contribution in [2.45, 2.75) is 18.9 Å². The smallest absolute Gasteiger partial charge is 0.259 e. The van der Waals surface area contributed by atoms with Crippen LogP contribution in [0.5, 0.6) is 0 Å². The van der Waals surface area contributed by atoms with Crippen molar-refractivity contribution in [3.63, 3.8) is 0 Å². The van der Waals surface area contributed by atoms with E-state index < -0.39 is 5.82 Å². The predicted molar refractivity (Wildman–Crippen MR) is 90.4 cm³/mol. The minimum Gasteiger partial charge on any atom is -0.391 e. The molecule has 0 aliphatic carbocycles. The molecule has 2 aromatic heterocycles. The number of rotatable bonds is 3. The standard InChI is InChI=1S/C18H17FN4O2/c19-15-6-2-1-5-14(15)17-21-18(25-22-17)12-7-8-16(20-10-12)23-9-3-4-13(24)11-23/h1-2,5-8,10,13,24H,3-4,9,11H2. The first-order valence-electron chi connectivity index (χ1n) is 8.19. The van der Waals surface area contributed by atoms with E-state index in [2.05, 4.69) is 20.0 Å². The molecule has 25 heavy (non-hydrogen) atoms. The van der Waals surface area contributed by atoms with Crippen LogP contribution in [0.2, 0.25) is 0 Å². The van der Waals surface area contributed by atoms with Crippen molar-refractivity contribution in [2.24, 2.45) is 0 Å². The van der Waals surface area contributed by atoms with E-state index in [-0.39, 0.29) is 17.8 Å². The molecule has 1 N–H and O–H groups in total. The Morgan fingerprint density at radius 2 is 2.08 bits per heavy atom. The summed E-state index contributed by atoms with van der Waals surface area (Å²) in [5, 5.41) is 13.6. The number of anilines is 1. The van der Waals surface area contributed by atoms with Crippen LogP contribution < -0.4 is 4.90 Å². The van der Waals surface area contributed by atoms with Gasteiger partial charge in [-0.1, -0.05) is 17.3 Å². The Balaban J connectivity index is 1.56. The molecule has 1 aliphatic heterocycles. The molecule has 0 bridgehead atoms. The first-order chi connectivity index (χ1) is 12.2. The van der Waals surface area contributed by atoms with Crippen LogP contribution in [0.25, 0.3) is 22.8 Å². The van der Waals surface area contributed by atoms with Gasteiger partial charge in [-0.2, -0.15) is 4.98 Å². The van der Waals surface area contributed by atoms with Gasteiger partial charge in [0.25, 0.3) is 5.89 Å². The molecule has 1 aliphatic rings. The Kier molecular flexibility index (Phi) is 4.15. The Morgan fingerprint density at radius 3 is 2.84 bits per heavy atom. The number of halogens is 1. The highest BCUT2D eigenvalue weighted by Crippen LogP contribution is 2.25. The third kappa shape index (κ3) is 3.23. The zero-order valence-corrected chi connectivity index (χ0v) is 13.5. The third-order valence-corrected chi connectivity index (χ3v) is 4.26. The topological polar surface area (TPSA) is 75.3 Å². The number of hydrogen-bond donors (Lipinski definition) is 1. The summed E-state index contributed by atoms with van der Waals surface area (Å²) in [6.45, 7) is 1.46. The average Bonchev–Trinajstić information content (AvgIpc) is 3.12. The number of aliphatic hydroxyl groups excluding tert-OH is 1. The van der Waals surface area contributed by atoms with E-state index in [0.717, 1.165) is 25.2 Å². The van der Waals surface area contributed by atoms with Gasteiger partial charge >= 0.3 is 0 Å². The second kappa shape index (κ2) is 6.60. The number of benzene rings is 1. The highest BCUT2D eigenvalue weighted by molar-refractivity contribution is 5.60. The number of pyridine rings is 1. The van der Waals surface area contributed by atoms with Crippen LogP contribution in [-0.4, -0.2) is 39.4 Å². The lowest BCUT2D eigenvalue weighted by molar-refractivity contribution is 0.154. The summed E-state index contributed by atoms with van der Waals surface area (Å²) in [5.74, 6) is 0.899. The molecule has 4 rings (SSSR count). The van der Waals surface area contributed by atoms with Gasteiger partial charge in [-0.25, -0.2) is 9.37 Å². The molecule has 3 aromatic rings. The SMILES string of the molecule is OC1CCCN(c2ccc(-c3nc(-c4ccccc4F)no3)cn2)C1. The van der Waals surface area contributed by atoms with Crippen LogP contribution in [0.15, 0.2) is 47.1 Å². The lowest BCUT2D eigenvalue weighted by Crippen LogP contribution is -2.38. The van der Waals surface area contributed by atoms with Crippen molar-refractivity contribution in [1.82, 2.24) is 15.1 Å². The first kappa shape index (κ1) is 15.7. The van der Waals surface area contributed by atoms with Gasteiger partial charge in [-0.3, -0.25) is 0 Å². The maximum Gasteiger partial charge on any atom is 0.259 e. The molecule has 6 nitrogen and oxygen atoms in total. The summed E-state index contributed by atoms with van der Waals surface area (Å²) >= 11 is 0. The number of aliphatic hydroxyl groups is 1. The Labute approximate surface area is 143 Å². The third-order valence-electron chi connectivity index (χ3n) is 4.26. The van der Waals surface area contributed by atoms with Gasteiger partial charge in [0.1, 0.15) is 11.6 Å². The van der Waals surface area contributed by atoms with Crippen molar-refractivity contribution >= 4 is 5.82 Å². The molecule has 0 spiro atoms. The van der Waals surface area contributed by atoms with Crippen LogP contribution in [-0.2, 0) is 0 Å². The van der Waals surface area contributed by atoms with Crippen LogP contribution in [0, 0.1) is 5.82 Å². The molecule has 0 radical (unpaired) electrons. The monoisotopic (exact) mass is 340 g/mol. The van der Waals surface area contributed by atoms with Crippen molar-refractivity contribution in [2.75, 3.05) is 18.0 Å². The zero-order chi connectivity index (χ0) is 17.2. The molecule has 1 atom stereocenters. The van der Waals surface area contributed by atoms with Gasteiger partial charge in [-0.05, 0) is 37.1 Å². The maximum absolute atomic E-state index is 13.8. The quantitative estimate of drug-likeness (QED) is 0.790. The van der Waals surface area contributed by atoms with E-state index in [1.165, 1.54) is 6.07 Å². The average molecular weight is 340 g/mol. The minimum atomic E-state index is -0.396. The van der Waals surface area contributed by atoms with Gasteiger partial charge in [0, 0.05) is 19.3 Å². The van der Waals surface area contributed by atoms with E-state index >= 15 is 0 Å².